The van der Waals surface area contributed by atoms with Gasteiger partial charge in [-0.05, 0) is 30.5 Å². The van der Waals surface area contributed by atoms with Gasteiger partial charge in [-0.2, -0.15) is 0 Å². The van der Waals surface area contributed by atoms with E-state index in [1.54, 1.807) is 23.1 Å². The number of hydrogen-bond donors (Lipinski definition) is 2. The number of anilines is 1. The molecule has 0 radical (unpaired) electrons. The Hall–Kier alpha value is -1.37. The molecule has 0 spiro atoms. The first-order chi connectivity index (χ1) is 9.76. The van der Waals surface area contributed by atoms with Crippen molar-refractivity contribution in [3.8, 4) is 0 Å². The maximum atomic E-state index is 12.2. The van der Waals surface area contributed by atoms with E-state index in [2.05, 4.69) is 15.6 Å². The smallest absolute Gasteiger partial charge is 0.257 e. The maximum Gasteiger partial charge on any atom is 0.257 e. The molecule has 0 fully saturated rings. The van der Waals surface area contributed by atoms with Crippen LogP contribution in [0.2, 0.25) is 0 Å². The van der Waals surface area contributed by atoms with Crippen molar-refractivity contribution >= 4 is 34.1 Å². The van der Waals surface area contributed by atoms with Gasteiger partial charge in [-0.15, -0.1) is 23.1 Å². The standard InChI is InChI=1S/C14H15N3OS2/c1-19-10-4-2-9(3-5-10)13(18)17-14-16-11-6-7-15-8-12(11)20-14/h2-5,15H,6-8H2,1H3,(H,16,17,18). The summed E-state index contributed by atoms with van der Waals surface area (Å²) in [5, 5.41) is 6.89. The van der Waals surface area contributed by atoms with Gasteiger partial charge < -0.3 is 5.32 Å². The second kappa shape index (κ2) is 5.95. The second-order valence-electron chi connectivity index (χ2n) is 4.50. The second-order valence-corrected chi connectivity index (χ2v) is 6.46. The molecule has 0 atom stereocenters. The van der Waals surface area contributed by atoms with Crippen molar-refractivity contribution in [2.45, 2.75) is 17.9 Å². The number of carbonyl (C=O) groups is 1. The Balaban J connectivity index is 1.73. The van der Waals surface area contributed by atoms with Gasteiger partial charge in [-0.1, -0.05) is 0 Å². The van der Waals surface area contributed by atoms with Crippen LogP contribution < -0.4 is 10.6 Å². The normalized spacial score (nSPS) is 13.8. The van der Waals surface area contributed by atoms with Crippen LogP contribution in [0.15, 0.2) is 29.2 Å². The molecule has 3 rings (SSSR count). The van der Waals surface area contributed by atoms with Gasteiger partial charge in [0.15, 0.2) is 5.13 Å². The molecule has 0 saturated carbocycles. The molecule has 104 valence electrons. The third kappa shape index (κ3) is 2.87. The zero-order chi connectivity index (χ0) is 13.9. The van der Waals surface area contributed by atoms with E-state index < -0.39 is 0 Å². The Bertz CT molecular complexity index is 598. The molecule has 0 saturated heterocycles. The number of benzene rings is 1. The van der Waals surface area contributed by atoms with Crippen molar-refractivity contribution in [3.63, 3.8) is 0 Å². The highest BCUT2D eigenvalue weighted by molar-refractivity contribution is 7.98. The topological polar surface area (TPSA) is 54.0 Å². The average Bonchev–Trinajstić information content (AvgIpc) is 2.89. The molecule has 1 aliphatic heterocycles. The monoisotopic (exact) mass is 305 g/mol. The lowest BCUT2D eigenvalue weighted by atomic mass is 10.2. The number of thioether (sulfide) groups is 1. The zero-order valence-corrected chi connectivity index (χ0v) is 12.7. The Morgan fingerprint density at radius 3 is 2.90 bits per heavy atom. The molecule has 2 N–H and O–H groups in total. The van der Waals surface area contributed by atoms with Crippen LogP contribution in [-0.2, 0) is 13.0 Å². The van der Waals surface area contributed by atoms with Crippen LogP contribution in [0.5, 0.6) is 0 Å². The van der Waals surface area contributed by atoms with Crippen molar-refractivity contribution in [3.05, 3.63) is 40.4 Å². The Labute approximate surface area is 126 Å². The molecule has 0 unspecified atom stereocenters. The first-order valence-electron chi connectivity index (χ1n) is 6.41. The van der Waals surface area contributed by atoms with Crippen molar-refractivity contribution in [1.29, 1.82) is 0 Å². The Morgan fingerprint density at radius 1 is 1.40 bits per heavy atom. The minimum Gasteiger partial charge on any atom is -0.311 e. The van der Waals surface area contributed by atoms with Crippen LogP contribution in [0.4, 0.5) is 5.13 Å². The highest BCUT2D eigenvalue weighted by Gasteiger charge is 2.16. The van der Waals surface area contributed by atoms with Crippen LogP contribution in [-0.4, -0.2) is 23.7 Å². The Morgan fingerprint density at radius 2 is 2.20 bits per heavy atom. The highest BCUT2D eigenvalue weighted by atomic mass is 32.2. The number of nitrogens with one attached hydrogen (secondary N) is 2. The predicted molar refractivity (Wildman–Crippen MR) is 83.7 cm³/mol. The van der Waals surface area contributed by atoms with Crippen molar-refractivity contribution in [1.82, 2.24) is 10.3 Å². The van der Waals surface area contributed by atoms with E-state index in [1.807, 2.05) is 30.5 Å². The van der Waals surface area contributed by atoms with E-state index in [9.17, 15) is 4.79 Å². The summed E-state index contributed by atoms with van der Waals surface area (Å²) >= 11 is 3.22. The van der Waals surface area contributed by atoms with Gasteiger partial charge in [-0.25, -0.2) is 4.98 Å². The van der Waals surface area contributed by atoms with Crippen molar-refractivity contribution < 1.29 is 4.79 Å². The van der Waals surface area contributed by atoms with E-state index in [-0.39, 0.29) is 5.91 Å². The van der Waals surface area contributed by atoms with Crippen molar-refractivity contribution in [2.24, 2.45) is 0 Å². The third-order valence-electron chi connectivity index (χ3n) is 3.18. The van der Waals surface area contributed by atoms with Gasteiger partial charge in [0.25, 0.3) is 5.91 Å². The van der Waals surface area contributed by atoms with E-state index >= 15 is 0 Å². The van der Waals surface area contributed by atoms with E-state index in [0.717, 1.165) is 30.1 Å². The fourth-order valence-electron chi connectivity index (χ4n) is 2.09. The lowest BCUT2D eigenvalue weighted by molar-refractivity contribution is 0.102. The first kappa shape index (κ1) is 13.6. The summed E-state index contributed by atoms with van der Waals surface area (Å²) in [7, 11) is 0. The maximum absolute atomic E-state index is 12.2. The number of aromatic nitrogens is 1. The molecular weight excluding hydrogens is 290 g/mol. The quantitative estimate of drug-likeness (QED) is 0.856. The largest absolute Gasteiger partial charge is 0.311 e. The molecule has 0 aliphatic carbocycles. The molecule has 2 aromatic rings. The first-order valence-corrected chi connectivity index (χ1v) is 8.45. The van der Waals surface area contributed by atoms with Crippen LogP contribution in [0, 0.1) is 0 Å². The van der Waals surface area contributed by atoms with Gasteiger partial charge in [0.1, 0.15) is 0 Å². The lowest BCUT2D eigenvalue weighted by Crippen LogP contribution is -2.22. The van der Waals surface area contributed by atoms with Gasteiger partial charge in [0, 0.05) is 34.8 Å². The minimum absolute atomic E-state index is 0.100. The number of hydrogen-bond acceptors (Lipinski definition) is 5. The summed E-state index contributed by atoms with van der Waals surface area (Å²) in [6.07, 6.45) is 2.95. The molecule has 0 bridgehead atoms. The van der Waals surface area contributed by atoms with Gasteiger partial charge in [-0.3, -0.25) is 10.1 Å². The Kier molecular flexibility index (Phi) is 4.05. The molecule has 1 aromatic heterocycles. The van der Waals surface area contributed by atoms with Gasteiger partial charge >= 0.3 is 0 Å². The summed E-state index contributed by atoms with van der Waals surface area (Å²) in [6, 6.07) is 7.60. The lowest BCUT2D eigenvalue weighted by Gasteiger charge is -2.09. The number of thiazole rings is 1. The summed E-state index contributed by atoms with van der Waals surface area (Å²) in [5.74, 6) is -0.100. The number of rotatable bonds is 3. The van der Waals surface area contributed by atoms with Crippen molar-refractivity contribution in [2.75, 3.05) is 18.1 Å². The molecule has 1 amide bonds. The summed E-state index contributed by atoms with van der Waals surface area (Å²) in [5.41, 5.74) is 1.77. The minimum atomic E-state index is -0.100. The van der Waals surface area contributed by atoms with Gasteiger partial charge in [0.2, 0.25) is 0 Å². The van der Waals surface area contributed by atoms with Crippen LogP contribution in [0.1, 0.15) is 20.9 Å². The molecule has 2 heterocycles. The fourth-order valence-corrected chi connectivity index (χ4v) is 3.47. The number of amides is 1. The average molecular weight is 305 g/mol. The zero-order valence-electron chi connectivity index (χ0n) is 11.1. The van der Waals surface area contributed by atoms with E-state index in [4.69, 9.17) is 0 Å². The van der Waals surface area contributed by atoms with Crippen LogP contribution in [0.25, 0.3) is 0 Å². The highest BCUT2D eigenvalue weighted by Crippen LogP contribution is 2.25. The SMILES string of the molecule is CSc1ccc(C(=O)Nc2nc3c(s2)CNCC3)cc1. The predicted octanol–water partition coefficient (Wildman–Crippen LogP) is 2.76. The van der Waals surface area contributed by atoms with Gasteiger partial charge in [0.05, 0.1) is 5.69 Å². The fraction of sp³-hybridized carbons (Fsp3) is 0.286. The van der Waals surface area contributed by atoms with Crippen LogP contribution in [0.3, 0.4) is 0 Å². The summed E-state index contributed by atoms with van der Waals surface area (Å²) in [6.45, 7) is 1.81. The number of nitrogens with zero attached hydrogens (tertiary/aromatic N) is 1. The molecule has 1 aliphatic rings. The summed E-state index contributed by atoms with van der Waals surface area (Å²) in [4.78, 5) is 19.0. The van der Waals surface area contributed by atoms with Crippen LogP contribution >= 0.6 is 23.1 Å². The molecular formula is C14H15N3OS2. The molecule has 1 aromatic carbocycles. The molecule has 6 heteroatoms. The summed E-state index contributed by atoms with van der Waals surface area (Å²) < 4.78 is 0. The molecule has 20 heavy (non-hydrogen) atoms. The van der Waals surface area contributed by atoms with E-state index in [1.165, 1.54) is 4.88 Å². The number of fused-ring (bicyclic) bond motifs is 1. The third-order valence-corrected chi connectivity index (χ3v) is 4.93. The number of carbonyl (C=O) groups excluding carboxylic acids is 1. The molecule has 4 nitrogen and oxygen atoms in total. The van der Waals surface area contributed by atoms with E-state index in [0.29, 0.717) is 10.7 Å².